The number of nitrogens with one attached hydrogen (secondary N) is 1. The van der Waals surface area contributed by atoms with Crippen LogP contribution in [0.5, 0.6) is 0 Å². The summed E-state index contributed by atoms with van der Waals surface area (Å²) < 4.78 is 6.40. The van der Waals surface area contributed by atoms with E-state index in [1.165, 1.54) is 23.1 Å². The van der Waals surface area contributed by atoms with E-state index in [1.54, 1.807) is 18.4 Å². The third kappa shape index (κ3) is 3.65. The van der Waals surface area contributed by atoms with Gasteiger partial charge in [-0.15, -0.1) is 11.3 Å². The first-order valence-electron chi connectivity index (χ1n) is 8.05. The summed E-state index contributed by atoms with van der Waals surface area (Å²) in [4.78, 5) is 32.3. The number of thiazole rings is 1. The van der Waals surface area contributed by atoms with Crippen LogP contribution in [0.2, 0.25) is 0 Å². The second-order valence-corrected chi connectivity index (χ2v) is 6.42. The lowest BCUT2D eigenvalue weighted by atomic mass is 10.1. The van der Waals surface area contributed by atoms with Gasteiger partial charge in [0.1, 0.15) is 11.6 Å². The van der Waals surface area contributed by atoms with Crippen LogP contribution in [-0.2, 0) is 14.3 Å². The molecule has 0 atom stereocenters. The zero-order chi connectivity index (χ0) is 18.7. The van der Waals surface area contributed by atoms with Crippen LogP contribution < -0.4 is 5.32 Å². The summed E-state index contributed by atoms with van der Waals surface area (Å²) in [5.41, 5.74) is 3.02. The van der Waals surface area contributed by atoms with Crippen molar-refractivity contribution in [2.45, 2.75) is 20.8 Å². The van der Waals surface area contributed by atoms with Crippen LogP contribution in [0.1, 0.15) is 18.3 Å². The third-order valence-electron chi connectivity index (χ3n) is 3.67. The number of hydrogen-bond acceptors (Lipinski definition) is 6. The highest BCUT2D eigenvalue weighted by molar-refractivity contribution is 7.12. The number of amides is 1. The Morgan fingerprint density at radius 3 is 2.65 bits per heavy atom. The Balaban J connectivity index is 1.88. The average molecular weight is 370 g/mol. The van der Waals surface area contributed by atoms with Crippen molar-refractivity contribution < 1.29 is 14.3 Å². The molecule has 7 nitrogen and oxygen atoms in total. The number of carbonyl (C=O) groups excluding carboxylic acids is 2. The number of benzene rings is 1. The zero-order valence-corrected chi connectivity index (χ0v) is 15.5. The molecule has 0 aliphatic carbocycles. The van der Waals surface area contributed by atoms with E-state index in [-0.39, 0.29) is 6.61 Å². The lowest BCUT2D eigenvalue weighted by molar-refractivity contribution is -0.152. The van der Waals surface area contributed by atoms with Crippen molar-refractivity contribution >= 4 is 29.0 Å². The van der Waals surface area contributed by atoms with Crippen molar-refractivity contribution in [2.75, 3.05) is 11.9 Å². The van der Waals surface area contributed by atoms with E-state index < -0.39 is 11.9 Å². The Bertz CT molecular complexity index is 944. The van der Waals surface area contributed by atoms with Gasteiger partial charge in [0, 0.05) is 10.9 Å². The molecule has 0 aliphatic rings. The van der Waals surface area contributed by atoms with Crippen molar-refractivity contribution in [3.8, 4) is 16.4 Å². The van der Waals surface area contributed by atoms with E-state index in [4.69, 9.17) is 4.74 Å². The summed E-state index contributed by atoms with van der Waals surface area (Å²) in [5, 5.41) is 5.11. The molecule has 1 amide bonds. The molecular weight excluding hydrogens is 352 g/mol. The molecule has 0 spiro atoms. The molecular formula is C18H18N4O3S. The van der Waals surface area contributed by atoms with Gasteiger partial charge in [-0.25, -0.2) is 14.8 Å². The van der Waals surface area contributed by atoms with Crippen molar-refractivity contribution in [3.05, 3.63) is 47.2 Å². The molecule has 134 valence electrons. The highest BCUT2D eigenvalue weighted by atomic mass is 32.1. The predicted octanol–water partition coefficient (Wildman–Crippen LogP) is 3.11. The fourth-order valence-corrected chi connectivity index (χ4v) is 3.25. The Morgan fingerprint density at radius 1 is 1.23 bits per heavy atom. The summed E-state index contributed by atoms with van der Waals surface area (Å²) in [6.45, 7) is 5.61. The number of ether oxygens (including phenoxy) is 1. The van der Waals surface area contributed by atoms with Gasteiger partial charge in [0.25, 0.3) is 0 Å². The Hall–Kier alpha value is -3.00. The molecule has 0 aliphatic heterocycles. The van der Waals surface area contributed by atoms with E-state index in [0.29, 0.717) is 16.8 Å². The van der Waals surface area contributed by atoms with Gasteiger partial charge in [-0.2, -0.15) is 0 Å². The van der Waals surface area contributed by atoms with Gasteiger partial charge in [-0.3, -0.25) is 9.36 Å². The number of esters is 1. The quantitative estimate of drug-likeness (QED) is 0.563. The highest BCUT2D eigenvalue weighted by Gasteiger charge is 2.20. The molecule has 2 heterocycles. The first-order chi connectivity index (χ1) is 12.5. The number of nitrogens with zero attached hydrogens (tertiary/aromatic N) is 3. The summed E-state index contributed by atoms with van der Waals surface area (Å²) in [7, 11) is 0. The molecule has 3 rings (SSSR count). The molecule has 2 aromatic heterocycles. The van der Waals surface area contributed by atoms with E-state index in [1.807, 2.05) is 36.6 Å². The Kier molecular flexibility index (Phi) is 5.13. The molecule has 0 fully saturated rings. The molecule has 0 saturated heterocycles. The first-order valence-corrected chi connectivity index (χ1v) is 8.93. The fourth-order valence-electron chi connectivity index (χ4n) is 2.36. The van der Waals surface area contributed by atoms with Crippen LogP contribution >= 0.6 is 11.3 Å². The summed E-state index contributed by atoms with van der Waals surface area (Å²) in [6, 6.07) is 8.08. The maximum atomic E-state index is 11.9. The van der Waals surface area contributed by atoms with Crippen LogP contribution in [0.3, 0.4) is 0 Å². The molecule has 1 aromatic carbocycles. The largest absolute Gasteiger partial charge is 0.459 e. The number of anilines is 1. The van der Waals surface area contributed by atoms with Crippen molar-refractivity contribution in [1.82, 2.24) is 14.5 Å². The van der Waals surface area contributed by atoms with Gasteiger partial charge in [0.05, 0.1) is 18.5 Å². The Labute approximate surface area is 154 Å². The SMILES string of the molecule is CCOC(=O)C(=O)Nc1cnc(C)n1-c1nc(-c2ccc(C)cc2)cs1. The van der Waals surface area contributed by atoms with E-state index in [9.17, 15) is 9.59 Å². The number of imidazole rings is 1. The van der Waals surface area contributed by atoms with Gasteiger partial charge in [0.15, 0.2) is 5.13 Å². The van der Waals surface area contributed by atoms with Crippen LogP contribution in [0.4, 0.5) is 5.82 Å². The van der Waals surface area contributed by atoms with Gasteiger partial charge < -0.3 is 10.1 Å². The van der Waals surface area contributed by atoms with Gasteiger partial charge in [0.2, 0.25) is 0 Å². The summed E-state index contributed by atoms with van der Waals surface area (Å²) in [6.07, 6.45) is 1.49. The second-order valence-electron chi connectivity index (χ2n) is 5.58. The number of aromatic nitrogens is 3. The molecule has 26 heavy (non-hydrogen) atoms. The second kappa shape index (κ2) is 7.49. The van der Waals surface area contributed by atoms with Gasteiger partial charge >= 0.3 is 11.9 Å². The molecule has 8 heteroatoms. The minimum absolute atomic E-state index is 0.136. The minimum atomic E-state index is -0.933. The van der Waals surface area contributed by atoms with Crippen molar-refractivity contribution in [1.29, 1.82) is 0 Å². The maximum Gasteiger partial charge on any atom is 0.397 e. The van der Waals surface area contributed by atoms with E-state index in [2.05, 4.69) is 15.3 Å². The van der Waals surface area contributed by atoms with Crippen LogP contribution in [-0.4, -0.2) is 33.0 Å². The average Bonchev–Trinajstić information content (AvgIpc) is 3.22. The first kappa shape index (κ1) is 17.8. The molecule has 0 bridgehead atoms. The van der Waals surface area contributed by atoms with Crippen molar-refractivity contribution in [3.63, 3.8) is 0 Å². The maximum absolute atomic E-state index is 11.9. The standard InChI is InChI=1S/C18H18N4O3S/c1-4-25-17(24)16(23)21-15-9-19-12(3)22(15)18-20-14(10-26-18)13-7-5-11(2)6-8-13/h5-10H,4H2,1-3H3,(H,21,23). The zero-order valence-electron chi connectivity index (χ0n) is 14.6. The lowest BCUT2D eigenvalue weighted by Gasteiger charge is -2.08. The van der Waals surface area contributed by atoms with Gasteiger partial charge in [-0.1, -0.05) is 29.8 Å². The van der Waals surface area contributed by atoms with Crippen molar-refractivity contribution in [2.24, 2.45) is 0 Å². The monoisotopic (exact) mass is 370 g/mol. The number of aryl methyl sites for hydroxylation is 2. The van der Waals surface area contributed by atoms with Gasteiger partial charge in [-0.05, 0) is 20.8 Å². The smallest absolute Gasteiger partial charge is 0.397 e. The fraction of sp³-hybridized carbons (Fsp3) is 0.222. The Morgan fingerprint density at radius 2 is 1.96 bits per heavy atom. The lowest BCUT2D eigenvalue weighted by Crippen LogP contribution is -2.26. The number of rotatable bonds is 4. The van der Waals surface area contributed by atoms with Crippen LogP contribution in [0.15, 0.2) is 35.8 Å². The highest BCUT2D eigenvalue weighted by Crippen LogP contribution is 2.27. The van der Waals surface area contributed by atoms with Crippen LogP contribution in [0, 0.1) is 13.8 Å². The summed E-state index contributed by atoms with van der Waals surface area (Å²) in [5.74, 6) is -0.764. The molecule has 0 unspecified atom stereocenters. The minimum Gasteiger partial charge on any atom is -0.459 e. The molecule has 0 radical (unpaired) electrons. The third-order valence-corrected chi connectivity index (χ3v) is 4.50. The summed E-state index contributed by atoms with van der Waals surface area (Å²) >= 11 is 1.42. The van der Waals surface area contributed by atoms with E-state index in [0.717, 1.165) is 11.3 Å². The molecule has 0 saturated carbocycles. The molecule has 1 N–H and O–H groups in total. The predicted molar refractivity (Wildman–Crippen MR) is 99.4 cm³/mol. The van der Waals surface area contributed by atoms with Crippen LogP contribution in [0.25, 0.3) is 16.4 Å². The normalized spacial score (nSPS) is 10.6. The number of hydrogen-bond donors (Lipinski definition) is 1. The van der Waals surface area contributed by atoms with E-state index >= 15 is 0 Å². The molecule has 3 aromatic rings. The topological polar surface area (TPSA) is 86.1 Å². The number of carbonyl (C=O) groups is 2.